The summed E-state index contributed by atoms with van der Waals surface area (Å²) in [5, 5.41) is 13.4. The van der Waals surface area contributed by atoms with Crippen LogP contribution < -0.4 is 10.9 Å². The fraction of sp³-hybridized carbons (Fsp3) is 0.222. The predicted molar refractivity (Wildman–Crippen MR) is 95.2 cm³/mol. The summed E-state index contributed by atoms with van der Waals surface area (Å²) >= 11 is 0. The highest BCUT2D eigenvalue weighted by Gasteiger charge is 2.16. The zero-order valence-corrected chi connectivity index (χ0v) is 14.3. The Hall–Kier alpha value is -3.22. The molecule has 0 saturated heterocycles. The van der Waals surface area contributed by atoms with Gasteiger partial charge >= 0.3 is 0 Å². The molecule has 128 valence electrons. The van der Waals surface area contributed by atoms with E-state index in [4.69, 9.17) is 0 Å². The number of nitrogens with one attached hydrogen (secondary N) is 2. The molecule has 0 bridgehead atoms. The van der Waals surface area contributed by atoms with Gasteiger partial charge in [-0.2, -0.15) is 10.2 Å². The van der Waals surface area contributed by atoms with Gasteiger partial charge in [0.15, 0.2) is 5.82 Å². The van der Waals surface area contributed by atoms with E-state index >= 15 is 0 Å². The van der Waals surface area contributed by atoms with Crippen LogP contribution in [0.15, 0.2) is 47.4 Å². The smallest absolute Gasteiger partial charge is 0.264 e. The Morgan fingerprint density at radius 2 is 2.04 bits per heavy atom. The van der Waals surface area contributed by atoms with Crippen molar-refractivity contribution in [1.82, 2.24) is 20.0 Å². The van der Waals surface area contributed by atoms with Gasteiger partial charge in [0, 0.05) is 11.8 Å². The maximum absolute atomic E-state index is 12.6. The number of anilines is 1. The summed E-state index contributed by atoms with van der Waals surface area (Å²) < 4.78 is 1.51. The van der Waals surface area contributed by atoms with E-state index in [9.17, 15) is 9.59 Å². The molecule has 0 saturated carbocycles. The number of hydrogen-bond acceptors (Lipinski definition) is 4. The molecule has 2 aromatic heterocycles. The normalized spacial score (nSPS) is 10.9. The van der Waals surface area contributed by atoms with Crippen LogP contribution in [0.4, 0.5) is 5.69 Å². The van der Waals surface area contributed by atoms with Crippen LogP contribution in [-0.2, 0) is 0 Å². The molecule has 0 unspecified atom stereocenters. The van der Waals surface area contributed by atoms with E-state index in [1.807, 2.05) is 24.3 Å². The first kappa shape index (κ1) is 16.6. The SMILES string of the molecule is Cc1c(C(=O)Nc2cccc(C(C)C)c2)cnn1-c1ccc(=O)[nH]n1. The van der Waals surface area contributed by atoms with Gasteiger partial charge in [-0.3, -0.25) is 9.59 Å². The van der Waals surface area contributed by atoms with Crippen LogP contribution in [-0.4, -0.2) is 25.9 Å². The van der Waals surface area contributed by atoms with E-state index in [0.29, 0.717) is 23.0 Å². The van der Waals surface area contributed by atoms with Gasteiger partial charge in [0.05, 0.1) is 17.5 Å². The quantitative estimate of drug-likeness (QED) is 0.765. The van der Waals surface area contributed by atoms with Gasteiger partial charge in [-0.05, 0) is 36.6 Å². The standard InChI is InChI=1S/C18H19N5O2/c1-11(2)13-5-4-6-14(9-13)20-18(25)15-10-19-23(12(15)3)16-7-8-17(24)22-21-16/h4-11H,1-3H3,(H,20,25)(H,22,24). The van der Waals surface area contributed by atoms with Crippen molar-refractivity contribution >= 4 is 11.6 Å². The zero-order chi connectivity index (χ0) is 18.0. The fourth-order valence-electron chi connectivity index (χ4n) is 2.49. The lowest BCUT2D eigenvalue weighted by molar-refractivity contribution is 0.102. The molecule has 0 aliphatic heterocycles. The lowest BCUT2D eigenvalue weighted by atomic mass is 10.0. The van der Waals surface area contributed by atoms with Crippen molar-refractivity contribution in [2.75, 3.05) is 5.32 Å². The maximum Gasteiger partial charge on any atom is 0.264 e. The first-order chi connectivity index (χ1) is 12.0. The molecule has 3 rings (SSSR count). The van der Waals surface area contributed by atoms with Crippen molar-refractivity contribution in [1.29, 1.82) is 0 Å². The highest BCUT2D eigenvalue weighted by atomic mass is 16.1. The Labute approximate surface area is 144 Å². The summed E-state index contributed by atoms with van der Waals surface area (Å²) in [7, 11) is 0. The third-order valence-corrected chi connectivity index (χ3v) is 3.95. The summed E-state index contributed by atoms with van der Waals surface area (Å²) in [4.78, 5) is 23.7. The first-order valence-corrected chi connectivity index (χ1v) is 7.97. The molecule has 3 aromatic rings. The number of hydrogen-bond donors (Lipinski definition) is 2. The molecule has 0 aliphatic rings. The molecule has 0 atom stereocenters. The van der Waals surface area contributed by atoms with Gasteiger partial charge in [-0.15, -0.1) is 0 Å². The lowest BCUT2D eigenvalue weighted by Gasteiger charge is -2.09. The number of rotatable bonds is 4. The second kappa shape index (κ2) is 6.72. The van der Waals surface area contributed by atoms with Crippen LogP contribution >= 0.6 is 0 Å². The van der Waals surface area contributed by atoms with Crippen molar-refractivity contribution in [3.63, 3.8) is 0 Å². The van der Waals surface area contributed by atoms with Crippen molar-refractivity contribution in [2.24, 2.45) is 0 Å². The molecule has 7 nitrogen and oxygen atoms in total. The van der Waals surface area contributed by atoms with Gasteiger partial charge in [0.2, 0.25) is 0 Å². The van der Waals surface area contributed by atoms with Gasteiger partial charge < -0.3 is 5.32 Å². The number of benzene rings is 1. The van der Waals surface area contributed by atoms with Crippen molar-refractivity contribution in [3.05, 3.63) is 69.8 Å². The Bertz CT molecular complexity index is 951. The number of nitrogens with zero attached hydrogens (tertiary/aromatic N) is 3. The molecule has 1 aromatic carbocycles. The molecular formula is C18H19N5O2. The highest BCUT2D eigenvalue weighted by molar-refractivity contribution is 6.05. The monoisotopic (exact) mass is 337 g/mol. The first-order valence-electron chi connectivity index (χ1n) is 7.97. The molecular weight excluding hydrogens is 318 g/mol. The second-order valence-electron chi connectivity index (χ2n) is 6.07. The fourth-order valence-corrected chi connectivity index (χ4v) is 2.49. The van der Waals surface area contributed by atoms with E-state index in [-0.39, 0.29) is 11.5 Å². The number of carbonyl (C=O) groups excluding carboxylic acids is 1. The molecule has 25 heavy (non-hydrogen) atoms. The summed E-state index contributed by atoms with van der Waals surface area (Å²) in [6.45, 7) is 5.98. The van der Waals surface area contributed by atoms with Crippen LogP contribution in [0.2, 0.25) is 0 Å². The average Bonchev–Trinajstić information content (AvgIpc) is 2.97. The largest absolute Gasteiger partial charge is 0.322 e. The van der Waals surface area contributed by atoms with Crippen molar-refractivity contribution < 1.29 is 4.79 Å². The third-order valence-electron chi connectivity index (χ3n) is 3.95. The number of amides is 1. The minimum atomic E-state index is -0.295. The van der Waals surface area contributed by atoms with Crippen molar-refractivity contribution in [2.45, 2.75) is 26.7 Å². The number of aromatic amines is 1. The number of carbonyl (C=O) groups is 1. The Balaban J connectivity index is 1.85. The summed E-state index contributed by atoms with van der Waals surface area (Å²) in [6, 6.07) is 10.7. The minimum Gasteiger partial charge on any atom is -0.322 e. The zero-order valence-electron chi connectivity index (χ0n) is 14.3. The summed E-state index contributed by atoms with van der Waals surface area (Å²) in [6.07, 6.45) is 1.49. The van der Waals surface area contributed by atoms with Gasteiger partial charge in [-0.25, -0.2) is 9.78 Å². The molecule has 0 spiro atoms. The van der Waals surface area contributed by atoms with Crippen LogP contribution in [0.5, 0.6) is 0 Å². The molecule has 1 amide bonds. The molecule has 2 N–H and O–H groups in total. The maximum atomic E-state index is 12.6. The molecule has 0 aliphatic carbocycles. The van der Waals surface area contributed by atoms with E-state index < -0.39 is 0 Å². The Morgan fingerprint density at radius 3 is 2.72 bits per heavy atom. The van der Waals surface area contributed by atoms with E-state index in [2.05, 4.69) is 34.5 Å². The van der Waals surface area contributed by atoms with Gasteiger partial charge in [0.25, 0.3) is 11.5 Å². The Kier molecular flexibility index (Phi) is 4.47. The van der Waals surface area contributed by atoms with E-state index in [0.717, 1.165) is 11.3 Å². The Morgan fingerprint density at radius 1 is 1.24 bits per heavy atom. The van der Waals surface area contributed by atoms with Crippen LogP contribution in [0.1, 0.15) is 41.4 Å². The topological polar surface area (TPSA) is 92.7 Å². The van der Waals surface area contributed by atoms with E-state index in [1.54, 1.807) is 13.0 Å². The molecule has 7 heteroatoms. The van der Waals surface area contributed by atoms with Crippen LogP contribution in [0, 0.1) is 6.92 Å². The van der Waals surface area contributed by atoms with Gasteiger partial charge in [-0.1, -0.05) is 26.0 Å². The van der Waals surface area contributed by atoms with Gasteiger partial charge in [0.1, 0.15) is 0 Å². The summed E-state index contributed by atoms with van der Waals surface area (Å²) in [5.41, 5.74) is 2.68. The molecule has 0 radical (unpaired) electrons. The summed E-state index contributed by atoms with van der Waals surface area (Å²) in [5.74, 6) is 0.583. The number of aromatic nitrogens is 4. The third kappa shape index (κ3) is 3.50. The second-order valence-corrected chi connectivity index (χ2v) is 6.07. The molecule has 0 fully saturated rings. The minimum absolute atomic E-state index is 0.242. The highest BCUT2D eigenvalue weighted by Crippen LogP contribution is 2.20. The van der Waals surface area contributed by atoms with E-state index in [1.165, 1.54) is 16.9 Å². The predicted octanol–water partition coefficient (Wildman–Crippen LogP) is 2.64. The van der Waals surface area contributed by atoms with Crippen molar-refractivity contribution in [3.8, 4) is 5.82 Å². The average molecular weight is 337 g/mol. The number of H-pyrrole nitrogens is 1. The van der Waals surface area contributed by atoms with Crippen LogP contribution in [0.25, 0.3) is 5.82 Å². The lowest BCUT2D eigenvalue weighted by Crippen LogP contribution is -2.14. The van der Waals surface area contributed by atoms with Crippen LogP contribution in [0.3, 0.4) is 0 Å². The molecule has 2 heterocycles.